The summed E-state index contributed by atoms with van der Waals surface area (Å²) in [5, 5.41) is 13.8. The minimum Gasteiger partial charge on any atom is -0.477 e. The number of rotatable bonds is 6. The normalized spacial score (nSPS) is 13.9. The highest BCUT2D eigenvalue weighted by atomic mass is 16.6. The Labute approximate surface area is 151 Å². The number of nitrogens with zero attached hydrogens (tertiary/aromatic N) is 2. The molecule has 1 amide bonds. The topological polar surface area (TPSA) is 84.7 Å². The molecule has 1 aliphatic rings. The average molecular weight is 355 g/mol. The Hall–Kier alpha value is -3.09. The van der Waals surface area contributed by atoms with E-state index in [0.717, 1.165) is 37.3 Å². The first-order valence-corrected chi connectivity index (χ1v) is 8.65. The van der Waals surface area contributed by atoms with Crippen LogP contribution in [-0.4, -0.2) is 30.5 Å². The predicted molar refractivity (Wildman–Crippen MR) is 99.7 cm³/mol. The van der Waals surface area contributed by atoms with Gasteiger partial charge in [-0.15, -0.1) is 0 Å². The number of nitrogens with one attached hydrogen (secondary N) is 1. The minimum absolute atomic E-state index is 0.0805. The van der Waals surface area contributed by atoms with Gasteiger partial charge in [-0.2, -0.15) is 0 Å². The molecule has 1 saturated heterocycles. The lowest BCUT2D eigenvalue weighted by Gasteiger charge is -2.30. The molecule has 1 heterocycles. The predicted octanol–water partition coefficient (Wildman–Crippen LogP) is 3.60. The second-order valence-corrected chi connectivity index (χ2v) is 6.13. The van der Waals surface area contributed by atoms with E-state index in [-0.39, 0.29) is 24.0 Å². The molecular weight excluding hydrogens is 334 g/mol. The van der Waals surface area contributed by atoms with Crippen molar-refractivity contribution in [3.63, 3.8) is 0 Å². The second-order valence-electron chi connectivity index (χ2n) is 6.13. The highest BCUT2D eigenvalue weighted by molar-refractivity contribution is 5.95. The molecule has 1 aliphatic heterocycles. The van der Waals surface area contributed by atoms with E-state index in [0.29, 0.717) is 0 Å². The summed E-state index contributed by atoms with van der Waals surface area (Å²) in [5.41, 5.74) is 1.56. The van der Waals surface area contributed by atoms with Crippen LogP contribution < -0.4 is 15.0 Å². The van der Waals surface area contributed by atoms with Crippen LogP contribution in [0.25, 0.3) is 0 Å². The molecule has 0 atom stereocenters. The van der Waals surface area contributed by atoms with Crippen molar-refractivity contribution in [2.24, 2.45) is 0 Å². The van der Waals surface area contributed by atoms with E-state index in [9.17, 15) is 14.9 Å². The number of piperidine rings is 1. The third kappa shape index (κ3) is 4.30. The molecule has 2 aromatic carbocycles. The molecule has 1 fully saturated rings. The summed E-state index contributed by atoms with van der Waals surface area (Å²) in [6.07, 6.45) is 3.51. The van der Waals surface area contributed by atoms with Gasteiger partial charge in [0.05, 0.1) is 16.3 Å². The molecule has 136 valence electrons. The highest BCUT2D eigenvalue weighted by Gasteiger charge is 2.17. The lowest BCUT2D eigenvalue weighted by atomic mass is 10.1. The van der Waals surface area contributed by atoms with Gasteiger partial charge in [0.25, 0.3) is 5.91 Å². The smallest absolute Gasteiger partial charge is 0.310 e. The number of carbonyl (C=O) groups is 1. The lowest BCUT2D eigenvalue weighted by molar-refractivity contribution is -0.385. The Morgan fingerprint density at radius 1 is 1.08 bits per heavy atom. The van der Waals surface area contributed by atoms with Crippen molar-refractivity contribution in [2.45, 2.75) is 19.3 Å². The molecule has 1 N–H and O–H groups in total. The van der Waals surface area contributed by atoms with Crippen LogP contribution in [0.15, 0.2) is 48.5 Å². The van der Waals surface area contributed by atoms with Crippen LogP contribution >= 0.6 is 0 Å². The van der Waals surface area contributed by atoms with Gasteiger partial charge in [0.1, 0.15) is 0 Å². The number of carbonyl (C=O) groups excluding carboxylic acids is 1. The molecular formula is C19H21N3O4. The van der Waals surface area contributed by atoms with Crippen molar-refractivity contribution < 1.29 is 14.5 Å². The molecule has 7 nitrogen and oxygen atoms in total. The van der Waals surface area contributed by atoms with E-state index in [1.165, 1.54) is 18.6 Å². The summed E-state index contributed by atoms with van der Waals surface area (Å²) in [5.74, 6) is -0.274. The van der Waals surface area contributed by atoms with Crippen LogP contribution in [0, 0.1) is 10.1 Å². The van der Waals surface area contributed by atoms with Gasteiger partial charge in [0.2, 0.25) is 0 Å². The Kier molecular flexibility index (Phi) is 5.68. The third-order valence-corrected chi connectivity index (χ3v) is 4.30. The van der Waals surface area contributed by atoms with Gasteiger partial charge >= 0.3 is 5.69 Å². The summed E-state index contributed by atoms with van der Waals surface area (Å²) in [6.45, 7) is 1.65. The van der Waals surface area contributed by atoms with Gasteiger partial charge in [-0.1, -0.05) is 24.3 Å². The molecule has 3 rings (SSSR count). The van der Waals surface area contributed by atoms with Gasteiger partial charge in [0, 0.05) is 19.2 Å². The average Bonchev–Trinajstić information content (AvgIpc) is 2.67. The molecule has 2 aromatic rings. The zero-order chi connectivity index (χ0) is 18.4. The van der Waals surface area contributed by atoms with Crippen LogP contribution in [0.2, 0.25) is 0 Å². The van der Waals surface area contributed by atoms with Crippen molar-refractivity contribution in [3.8, 4) is 5.75 Å². The van der Waals surface area contributed by atoms with E-state index in [2.05, 4.69) is 10.2 Å². The number of benzene rings is 2. The van der Waals surface area contributed by atoms with E-state index >= 15 is 0 Å². The largest absolute Gasteiger partial charge is 0.477 e. The van der Waals surface area contributed by atoms with Gasteiger partial charge in [0.15, 0.2) is 12.4 Å². The molecule has 26 heavy (non-hydrogen) atoms. The van der Waals surface area contributed by atoms with Crippen LogP contribution in [0.3, 0.4) is 0 Å². The lowest BCUT2D eigenvalue weighted by Crippen LogP contribution is -2.31. The monoisotopic (exact) mass is 355 g/mol. The van der Waals surface area contributed by atoms with Crippen LogP contribution in [0.4, 0.5) is 17.1 Å². The van der Waals surface area contributed by atoms with Gasteiger partial charge in [-0.05, 0) is 37.5 Å². The highest BCUT2D eigenvalue weighted by Crippen LogP contribution is 2.29. The van der Waals surface area contributed by atoms with Gasteiger partial charge in [-0.3, -0.25) is 14.9 Å². The summed E-state index contributed by atoms with van der Waals surface area (Å²) in [6, 6.07) is 13.7. The maximum atomic E-state index is 12.3. The molecule has 0 spiro atoms. The Bertz CT molecular complexity index is 788. The number of hydrogen-bond donors (Lipinski definition) is 1. The first-order chi connectivity index (χ1) is 12.6. The van der Waals surface area contributed by atoms with Crippen LogP contribution in [-0.2, 0) is 4.79 Å². The Morgan fingerprint density at radius 2 is 1.77 bits per heavy atom. The minimum atomic E-state index is -0.529. The Morgan fingerprint density at radius 3 is 2.54 bits per heavy atom. The van der Waals surface area contributed by atoms with Crippen molar-refractivity contribution in [1.29, 1.82) is 0 Å². The van der Waals surface area contributed by atoms with Crippen molar-refractivity contribution in [2.75, 3.05) is 29.9 Å². The fraction of sp³-hybridized carbons (Fsp3) is 0.316. The fourth-order valence-corrected chi connectivity index (χ4v) is 3.05. The number of para-hydroxylation sites is 4. The van der Waals surface area contributed by atoms with Crippen molar-refractivity contribution >= 4 is 23.0 Å². The standard InChI is InChI=1S/C19H21N3O4/c23-19(14-26-18-11-5-4-10-17(18)22(24)25)20-15-8-2-3-9-16(15)21-12-6-1-7-13-21/h2-5,8-11H,1,6-7,12-14H2,(H,20,23). The number of ether oxygens (including phenoxy) is 1. The molecule has 0 radical (unpaired) electrons. The van der Waals surface area contributed by atoms with E-state index in [1.807, 2.05) is 24.3 Å². The van der Waals surface area contributed by atoms with E-state index in [4.69, 9.17) is 4.74 Å². The number of nitro benzene ring substituents is 1. The summed E-state index contributed by atoms with van der Waals surface area (Å²) >= 11 is 0. The molecule has 0 saturated carbocycles. The first kappa shape index (κ1) is 17.7. The van der Waals surface area contributed by atoms with Crippen LogP contribution in [0.1, 0.15) is 19.3 Å². The van der Waals surface area contributed by atoms with Crippen LogP contribution in [0.5, 0.6) is 5.75 Å². The molecule has 0 bridgehead atoms. The SMILES string of the molecule is O=C(COc1ccccc1[N+](=O)[O-])Nc1ccccc1N1CCCCC1. The molecule has 7 heteroatoms. The fourth-order valence-electron chi connectivity index (χ4n) is 3.05. The maximum absolute atomic E-state index is 12.3. The summed E-state index contributed by atoms with van der Waals surface area (Å²) in [4.78, 5) is 25.0. The number of hydrogen-bond acceptors (Lipinski definition) is 5. The number of anilines is 2. The second kappa shape index (κ2) is 8.33. The van der Waals surface area contributed by atoms with Gasteiger partial charge < -0.3 is 15.0 Å². The summed E-state index contributed by atoms with van der Waals surface area (Å²) in [7, 11) is 0. The summed E-state index contributed by atoms with van der Waals surface area (Å²) < 4.78 is 5.35. The Balaban J connectivity index is 1.65. The first-order valence-electron chi connectivity index (χ1n) is 8.65. The van der Waals surface area contributed by atoms with E-state index in [1.54, 1.807) is 12.1 Å². The van der Waals surface area contributed by atoms with Gasteiger partial charge in [-0.25, -0.2) is 0 Å². The van der Waals surface area contributed by atoms with E-state index < -0.39 is 4.92 Å². The molecule has 0 aromatic heterocycles. The number of amides is 1. The molecule has 0 unspecified atom stereocenters. The zero-order valence-corrected chi connectivity index (χ0v) is 14.4. The zero-order valence-electron chi connectivity index (χ0n) is 14.4. The molecule has 0 aliphatic carbocycles. The quantitative estimate of drug-likeness (QED) is 0.632. The number of nitro groups is 1. The third-order valence-electron chi connectivity index (χ3n) is 4.30. The maximum Gasteiger partial charge on any atom is 0.310 e. The van der Waals surface area contributed by atoms with Crippen molar-refractivity contribution in [1.82, 2.24) is 0 Å². The van der Waals surface area contributed by atoms with Crippen molar-refractivity contribution in [3.05, 3.63) is 58.6 Å².